The lowest BCUT2D eigenvalue weighted by molar-refractivity contribution is -0.130. The molecule has 0 fully saturated rings. The second-order valence-corrected chi connectivity index (χ2v) is 5.14. The van der Waals surface area contributed by atoms with Gasteiger partial charge in [-0.25, -0.2) is 0 Å². The van der Waals surface area contributed by atoms with Crippen LogP contribution in [0.1, 0.15) is 12.5 Å². The van der Waals surface area contributed by atoms with E-state index in [4.69, 9.17) is 5.73 Å². The molecule has 1 amide bonds. The Morgan fingerprint density at radius 1 is 1.53 bits per heavy atom. The predicted molar refractivity (Wildman–Crippen MR) is 81.4 cm³/mol. The molecule has 1 unspecified atom stereocenters. The number of halogens is 2. The maximum absolute atomic E-state index is 11.9. The summed E-state index contributed by atoms with van der Waals surface area (Å²) in [5.74, 6) is 0.111. The highest BCUT2D eigenvalue weighted by Crippen LogP contribution is 2.09. The van der Waals surface area contributed by atoms with Crippen LogP contribution < -0.4 is 5.73 Å². The number of hydrogen-bond acceptors (Lipinski definition) is 2. The topological polar surface area (TPSA) is 46.3 Å². The zero-order valence-corrected chi connectivity index (χ0v) is 13.0. The molecule has 0 saturated carbocycles. The second-order valence-electron chi connectivity index (χ2n) is 3.90. The molecule has 0 aromatic heterocycles. The highest BCUT2D eigenvalue weighted by atomic mass is 127. The fraction of sp³-hybridized carbons (Fsp3) is 0.417. The smallest absolute Gasteiger partial charge is 0.227 e. The Labute approximate surface area is 122 Å². The Bertz CT molecular complexity index is 373. The molecule has 0 aliphatic carbocycles. The molecule has 1 aromatic rings. The first-order valence-electron chi connectivity index (χ1n) is 5.24. The van der Waals surface area contributed by atoms with E-state index >= 15 is 0 Å². The van der Waals surface area contributed by atoms with Crippen LogP contribution >= 0.6 is 35.0 Å². The SMILES string of the molecule is CC(CN)N(C)C(=O)Cc1cccc(I)c1.Cl. The van der Waals surface area contributed by atoms with Gasteiger partial charge in [-0.1, -0.05) is 12.1 Å². The van der Waals surface area contributed by atoms with Gasteiger partial charge in [-0.05, 0) is 47.2 Å². The molecular formula is C12H18ClIN2O. The van der Waals surface area contributed by atoms with E-state index in [1.165, 1.54) is 0 Å². The fourth-order valence-electron chi connectivity index (χ4n) is 1.35. The van der Waals surface area contributed by atoms with Crippen LogP contribution in [-0.2, 0) is 11.2 Å². The van der Waals surface area contributed by atoms with Gasteiger partial charge in [0.25, 0.3) is 0 Å². The summed E-state index contributed by atoms with van der Waals surface area (Å²) in [6.45, 7) is 2.45. The number of likely N-dealkylation sites (N-methyl/N-ethyl adjacent to an activating group) is 1. The summed E-state index contributed by atoms with van der Waals surface area (Å²) in [5.41, 5.74) is 6.58. The average molecular weight is 369 g/mol. The molecular weight excluding hydrogens is 351 g/mol. The number of rotatable bonds is 4. The Kier molecular flexibility index (Phi) is 7.74. The first-order chi connectivity index (χ1) is 7.54. The number of amides is 1. The molecule has 1 atom stereocenters. The summed E-state index contributed by atoms with van der Waals surface area (Å²) in [7, 11) is 1.80. The largest absolute Gasteiger partial charge is 0.341 e. The van der Waals surface area contributed by atoms with Crippen molar-refractivity contribution in [2.24, 2.45) is 5.73 Å². The van der Waals surface area contributed by atoms with Crippen molar-refractivity contribution in [3.8, 4) is 0 Å². The van der Waals surface area contributed by atoms with E-state index in [1.807, 2.05) is 31.2 Å². The van der Waals surface area contributed by atoms with E-state index in [9.17, 15) is 4.79 Å². The minimum Gasteiger partial charge on any atom is -0.341 e. The molecule has 0 aliphatic heterocycles. The van der Waals surface area contributed by atoms with E-state index < -0.39 is 0 Å². The van der Waals surface area contributed by atoms with Crippen LogP contribution in [0.4, 0.5) is 0 Å². The lowest BCUT2D eigenvalue weighted by Gasteiger charge is -2.23. The molecule has 2 N–H and O–H groups in total. The summed E-state index contributed by atoms with van der Waals surface area (Å²) in [4.78, 5) is 13.6. The van der Waals surface area contributed by atoms with Crippen molar-refractivity contribution >= 4 is 40.9 Å². The summed E-state index contributed by atoms with van der Waals surface area (Å²) in [6.07, 6.45) is 0.442. The third kappa shape index (κ3) is 5.23. The molecule has 0 heterocycles. The van der Waals surface area contributed by atoms with E-state index in [1.54, 1.807) is 11.9 Å². The third-order valence-corrected chi connectivity index (χ3v) is 3.31. The van der Waals surface area contributed by atoms with Gasteiger partial charge in [0, 0.05) is 23.2 Å². The Morgan fingerprint density at radius 2 is 2.18 bits per heavy atom. The molecule has 0 bridgehead atoms. The zero-order valence-electron chi connectivity index (χ0n) is 10.0. The monoisotopic (exact) mass is 368 g/mol. The van der Waals surface area contributed by atoms with Crippen LogP contribution in [0, 0.1) is 3.57 Å². The number of carbonyl (C=O) groups is 1. The molecule has 96 valence electrons. The predicted octanol–water partition coefficient (Wildman–Crippen LogP) is 2.06. The van der Waals surface area contributed by atoms with Crippen molar-refractivity contribution in [1.29, 1.82) is 0 Å². The van der Waals surface area contributed by atoms with Gasteiger partial charge in [-0.2, -0.15) is 0 Å². The average Bonchev–Trinajstić information content (AvgIpc) is 2.27. The van der Waals surface area contributed by atoms with E-state index in [2.05, 4.69) is 22.6 Å². The van der Waals surface area contributed by atoms with Crippen molar-refractivity contribution in [2.45, 2.75) is 19.4 Å². The molecule has 1 aromatic carbocycles. The number of hydrogen-bond donors (Lipinski definition) is 1. The normalized spacial score (nSPS) is 11.5. The Morgan fingerprint density at radius 3 is 2.71 bits per heavy atom. The van der Waals surface area contributed by atoms with Gasteiger partial charge in [0.2, 0.25) is 5.91 Å². The first kappa shape index (κ1) is 16.7. The maximum atomic E-state index is 11.9. The van der Waals surface area contributed by atoms with Gasteiger partial charge in [0.1, 0.15) is 0 Å². The van der Waals surface area contributed by atoms with Crippen LogP contribution in [0.2, 0.25) is 0 Å². The summed E-state index contributed by atoms with van der Waals surface area (Å²) >= 11 is 2.25. The molecule has 1 rings (SSSR count). The van der Waals surface area contributed by atoms with Crippen LogP contribution in [0.15, 0.2) is 24.3 Å². The molecule has 0 spiro atoms. The van der Waals surface area contributed by atoms with E-state index in [0.29, 0.717) is 13.0 Å². The van der Waals surface area contributed by atoms with Crippen LogP contribution in [-0.4, -0.2) is 30.4 Å². The molecule has 3 nitrogen and oxygen atoms in total. The van der Waals surface area contributed by atoms with E-state index in [0.717, 1.165) is 9.13 Å². The minimum atomic E-state index is 0. The quantitative estimate of drug-likeness (QED) is 0.827. The van der Waals surface area contributed by atoms with E-state index in [-0.39, 0.29) is 24.4 Å². The number of benzene rings is 1. The standard InChI is InChI=1S/C12H17IN2O.ClH/c1-9(8-14)15(2)12(16)7-10-4-3-5-11(13)6-10;/h3-6,9H,7-8,14H2,1-2H3;1H. The highest BCUT2D eigenvalue weighted by molar-refractivity contribution is 14.1. The third-order valence-electron chi connectivity index (χ3n) is 2.64. The number of nitrogens with zero attached hydrogens (tertiary/aromatic N) is 1. The summed E-state index contributed by atoms with van der Waals surface area (Å²) < 4.78 is 1.15. The molecule has 17 heavy (non-hydrogen) atoms. The van der Waals surface area contributed by atoms with Crippen molar-refractivity contribution in [3.05, 3.63) is 33.4 Å². The molecule has 0 radical (unpaired) electrons. The van der Waals surface area contributed by atoms with Gasteiger partial charge >= 0.3 is 0 Å². The fourth-order valence-corrected chi connectivity index (χ4v) is 1.96. The molecule has 0 aliphatic rings. The van der Waals surface area contributed by atoms with Gasteiger partial charge in [-0.15, -0.1) is 12.4 Å². The van der Waals surface area contributed by atoms with Crippen LogP contribution in [0.25, 0.3) is 0 Å². The van der Waals surface area contributed by atoms with Crippen molar-refractivity contribution in [1.82, 2.24) is 4.90 Å². The maximum Gasteiger partial charge on any atom is 0.227 e. The minimum absolute atomic E-state index is 0. The van der Waals surface area contributed by atoms with Crippen molar-refractivity contribution in [3.63, 3.8) is 0 Å². The first-order valence-corrected chi connectivity index (χ1v) is 6.32. The van der Waals surface area contributed by atoms with Crippen LogP contribution in [0.3, 0.4) is 0 Å². The summed E-state index contributed by atoms with van der Waals surface area (Å²) in [5, 5.41) is 0. The Hall–Kier alpha value is -0.330. The molecule has 0 saturated heterocycles. The Balaban J connectivity index is 0.00000256. The van der Waals surface area contributed by atoms with Gasteiger partial charge < -0.3 is 10.6 Å². The highest BCUT2D eigenvalue weighted by Gasteiger charge is 2.14. The molecule has 5 heteroatoms. The van der Waals surface area contributed by atoms with Gasteiger partial charge in [0.05, 0.1) is 6.42 Å². The number of nitrogens with two attached hydrogens (primary N) is 1. The van der Waals surface area contributed by atoms with Crippen LogP contribution in [0.5, 0.6) is 0 Å². The number of carbonyl (C=O) groups excluding carboxylic acids is 1. The van der Waals surface area contributed by atoms with Gasteiger partial charge in [0.15, 0.2) is 0 Å². The van der Waals surface area contributed by atoms with Gasteiger partial charge in [-0.3, -0.25) is 4.79 Å². The lowest BCUT2D eigenvalue weighted by Crippen LogP contribution is -2.40. The lowest BCUT2D eigenvalue weighted by atomic mass is 10.1. The summed E-state index contributed by atoms with van der Waals surface area (Å²) in [6, 6.07) is 8.08. The van der Waals surface area contributed by atoms with Crippen molar-refractivity contribution in [2.75, 3.05) is 13.6 Å². The van der Waals surface area contributed by atoms with Crippen molar-refractivity contribution < 1.29 is 4.79 Å². The zero-order chi connectivity index (χ0) is 12.1. The second kappa shape index (κ2) is 7.89.